The number of nitrogens with zero attached hydrogens (tertiary/aromatic N) is 4. The van der Waals surface area contributed by atoms with Crippen LogP contribution >= 0.6 is 0 Å². The molecule has 0 aliphatic heterocycles. The van der Waals surface area contributed by atoms with Gasteiger partial charge in [0.15, 0.2) is 23.1 Å². The second-order valence-electron chi connectivity index (χ2n) is 12.3. The molecule has 0 radical (unpaired) electrons. The summed E-state index contributed by atoms with van der Waals surface area (Å²) in [5.74, 6) is 2.50. The van der Waals surface area contributed by atoms with Gasteiger partial charge in [0, 0.05) is 33.0 Å². The molecule has 0 saturated heterocycles. The largest absolute Gasteiger partial charge is 0.435 e. The van der Waals surface area contributed by atoms with Gasteiger partial charge in [-0.05, 0) is 56.6 Å². The maximum absolute atomic E-state index is 6.48. The normalized spacial score (nSPS) is 11.7. The predicted octanol–water partition coefficient (Wildman–Crippen LogP) is 11.3. The summed E-state index contributed by atoms with van der Waals surface area (Å²) in [6, 6.07) is 54.1. The minimum absolute atomic E-state index is 0.613. The van der Waals surface area contributed by atoms with E-state index in [9.17, 15) is 0 Å². The van der Waals surface area contributed by atoms with E-state index in [1.165, 1.54) is 5.39 Å². The van der Waals surface area contributed by atoms with E-state index in [1.807, 2.05) is 60.7 Å². The van der Waals surface area contributed by atoms with Gasteiger partial charge in [-0.25, -0.2) is 19.9 Å². The number of fused-ring (bicyclic) bond motifs is 9. The quantitative estimate of drug-likeness (QED) is 0.182. The Morgan fingerprint density at radius 3 is 1.67 bits per heavy atom. The van der Waals surface area contributed by atoms with Gasteiger partial charge < -0.3 is 4.42 Å². The molecular formula is C44H26N4O. The predicted molar refractivity (Wildman–Crippen MR) is 199 cm³/mol. The Bertz CT molecular complexity index is 2880. The molecule has 0 unspecified atom stereocenters. The van der Waals surface area contributed by atoms with Crippen molar-refractivity contribution in [1.82, 2.24) is 19.9 Å². The van der Waals surface area contributed by atoms with Crippen LogP contribution in [-0.2, 0) is 0 Å². The van der Waals surface area contributed by atoms with Gasteiger partial charge in [0.1, 0.15) is 5.52 Å². The van der Waals surface area contributed by atoms with Gasteiger partial charge in [-0.15, -0.1) is 0 Å². The summed E-state index contributed by atoms with van der Waals surface area (Å²) in [4.78, 5) is 20.2. The van der Waals surface area contributed by atoms with Gasteiger partial charge in [0.25, 0.3) is 0 Å². The molecule has 5 heteroatoms. The molecule has 2 heterocycles. The number of aromatic nitrogens is 4. The van der Waals surface area contributed by atoms with Crippen LogP contribution < -0.4 is 0 Å². The highest BCUT2D eigenvalue weighted by Gasteiger charge is 2.19. The molecule has 0 saturated carbocycles. The molecule has 0 N–H and O–H groups in total. The molecule has 0 bridgehead atoms. The third kappa shape index (κ3) is 4.55. The lowest BCUT2D eigenvalue weighted by atomic mass is 9.94. The van der Waals surface area contributed by atoms with Gasteiger partial charge in [-0.3, -0.25) is 0 Å². The molecule has 0 aliphatic rings. The van der Waals surface area contributed by atoms with Crippen molar-refractivity contribution in [3.8, 4) is 45.6 Å². The Labute approximate surface area is 281 Å². The van der Waals surface area contributed by atoms with Gasteiger partial charge in [-0.2, -0.15) is 0 Å². The fraction of sp³-hybridized carbons (Fsp3) is 0. The van der Waals surface area contributed by atoms with Gasteiger partial charge in [0.2, 0.25) is 5.89 Å². The minimum Gasteiger partial charge on any atom is -0.435 e. The molecule has 8 aromatic carbocycles. The van der Waals surface area contributed by atoms with Crippen molar-refractivity contribution in [2.45, 2.75) is 0 Å². The molecule has 0 amide bonds. The fourth-order valence-corrected chi connectivity index (χ4v) is 6.91. The van der Waals surface area contributed by atoms with E-state index >= 15 is 0 Å². The highest BCUT2D eigenvalue weighted by atomic mass is 16.3. The zero-order chi connectivity index (χ0) is 32.3. The van der Waals surface area contributed by atoms with Crippen molar-refractivity contribution >= 4 is 54.2 Å². The summed E-state index contributed by atoms with van der Waals surface area (Å²) in [5.41, 5.74) is 5.39. The molecule has 228 valence electrons. The lowest BCUT2D eigenvalue weighted by Crippen LogP contribution is -2.00. The minimum atomic E-state index is 0.613. The van der Waals surface area contributed by atoms with Crippen molar-refractivity contribution < 1.29 is 4.42 Å². The molecular weight excluding hydrogens is 601 g/mol. The summed E-state index contributed by atoms with van der Waals surface area (Å²) < 4.78 is 6.48. The van der Waals surface area contributed by atoms with E-state index in [-0.39, 0.29) is 0 Å². The number of benzene rings is 8. The molecule has 5 nitrogen and oxygen atoms in total. The monoisotopic (exact) mass is 626 g/mol. The van der Waals surface area contributed by atoms with Crippen molar-refractivity contribution in [3.63, 3.8) is 0 Å². The molecule has 2 aromatic heterocycles. The van der Waals surface area contributed by atoms with Gasteiger partial charge in [-0.1, -0.05) is 133 Å². The third-order valence-electron chi connectivity index (χ3n) is 9.30. The van der Waals surface area contributed by atoms with Crippen LogP contribution in [0.15, 0.2) is 162 Å². The third-order valence-corrected chi connectivity index (χ3v) is 9.30. The molecule has 10 aromatic rings. The van der Waals surface area contributed by atoms with Crippen LogP contribution in [0.4, 0.5) is 0 Å². The van der Waals surface area contributed by atoms with Crippen LogP contribution in [0, 0.1) is 0 Å². The molecule has 0 atom stereocenters. The summed E-state index contributed by atoms with van der Waals surface area (Å²) in [6.07, 6.45) is 0. The van der Waals surface area contributed by atoms with Crippen molar-refractivity contribution in [3.05, 3.63) is 158 Å². The first kappa shape index (κ1) is 27.4. The molecule has 10 rings (SSSR count). The number of hydrogen-bond donors (Lipinski definition) is 0. The first-order valence-electron chi connectivity index (χ1n) is 16.3. The Balaban J connectivity index is 1.22. The Morgan fingerprint density at radius 2 is 0.918 bits per heavy atom. The van der Waals surface area contributed by atoms with Crippen LogP contribution in [0.2, 0.25) is 0 Å². The lowest BCUT2D eigenvalue weighted by Gasteiger charge is -2.12. The van der Waals surface area contributed by atoms with Crippen LogP contribution in [0.1, 0.15) is 0 Å². The number of rotatable bonds is 4. The zero-order valence-electron chi connectivity index (χ0n) is 26.2. The molecule has 49 heavy (non-hydrogen) atoms. The van der Waals surface area contributed by atoms with Crippen molar-refractivity contribution in [2.75, 3.05) is 0 Å². The van der Waals surface area contributed by atoms with Crippen molar-refractivity contribution in [1.29, 1.82) is 0 Å². The maximum atomic E-state index is 6.48. The maximum Gasteiger partial charge on any atom is 0.227 e. The van der Waals surface area contributed by atoms with Crippen LogP contribution in [0.25, 0.3) is 99.8 Å². The average Bonchev–Trinajstić information content (AvgIpc) is 3.64. The first-order chi connectivity index (χ1) is 24.3. The summed E-state index contributed by atoms with van der Waals surface area (Å²) >= 11 is 0. The van der Waals surface area contributed by atoms with E-state index in [0.29, 0.717) is 23.4 Å². The van der Waals surface area contributed by atoms with Gasteiger partial charge in [0.05, 0.1) is 0 Å². The second-order valence-corrected chi connectivity index (χ2v) is 12.3. The van der Waals surface area contributed by atoms with E-state index in [4.69, 9.17) is 24.4 Å². The highest BCUT2D eigenvalue weighted by Crippen LogP contribution is 2.41. The smallest absolute Gasteiger partial charge is 0.227 e. The van der Waals surface area contributed by atoms with E-state index in [2.05, 4.69) is 97.1 Å². The average molecular weight is 627 g/mol. The Kier molecular flexibility index (Phi) is 6.11. The van der Waals surface area contributed by atoms with Crippen LogP contribution in [-0.4, -0.2) is 19.9 Å². The SMILES string of the molecule is c1ccc(-c2nc(-c3ccc4ccccc4c3)nc(-c3ccc4ccc5c6nc(-c7ccccc7)oc6c6ccccc6c5c4c3)n2)cc1. The summed E-state index contributed by atoms with van der Waals surface area (Å²) in [5, 5.41) is 8.86. The highest BCUT2D eigenvalue weighted by molar-refractivity contribution is 6.30. The lowest BCUT2D eigenvalue weighted by molar-refractivity contribution is 0.623. The first-order valence-corrected chi connectivity index (χ1v) is 16.3. The molecule has 0 aliphatic carbocycles. The van der Waals surface area contributed by atoms with Crippen LogP contribution in [0.3, 0.4) is 0 Å². The zero-order valence-corrected chi connectivity index (χ0v) is 26.2. The van der Waals surface area contributed by atoms with Gasteiger partial charge >= 0.3 is 0 Å². The summed E-state index contributed by atoms with van der Waals surface area (Å²) in [6.45, 7) is 0. The van der Waals surface area contributed by atoms with Crippen LogP contribution in [0.5, 0.6) is 0 Å². The summed E-state index contributed by atoms with van der Waals surface area (Å²) in [7, 11) is 0. The number of oxazole rings is 1. The standard InChI is InChI=1S/C44H26N4O/c1-3-12-29(13-4-1)41-46-42(32-21-19-27-11-7-8-16-31(27)25-32)48-43(47-41)33-22-20-28-23-24-36-38(37(28)26-33)34-17-9-10-18-35(34)40-39(36)45-44(49-40)30-14-5-2-6-15-30/h1-26H. The second kappa shape index (κ2) is 10.9. The molecule has 0 spiro atoms. The van der Waals surface area contributed by atoms with E-state index in [1.54, 1.807) is 0 Å². The molecule has 0 fully saturated rings. The van der Waals surface area contributed by atoms with E-state index < -0.39 is 0 Å². The van der Waals surface area contributed by atoms with E-state index in [0.717, 1.165) is 71.1 Å². The Morgan fingerprint density at radius 1 is 0.347 bits per heavy atom. The Hall–Kier alpha value is -6.72. The van der Waals surface area contributed by atoms with Crippen molar-refractivity contribution in [2.24, 2.45) is 0 Å². The topological polar surface area (TPSA) is 64.7 Å². The fourth-order valence-electron chi connectivity index (χ4n) is 6.91. The number of hydrogen-bond acceptors (Lipinski definition) is 5.